The maximum Gasteiger partial charge on any atom is 0.316 e. The molecule has 1 fully saturated rings. The molecule has 0 aromatic rings. The Morgan fingerprint density at radius 3 is 2.17 bits per heavy atom. The number of hydrogen-bond acceptors (Lipinski definition) is 8. The van der Waals surface area contributed by atoms with Gasteiger partial charge in [0.1, 0.15) is 23.4 Å². The zero-order valence-corrected chi connectivity index (χ0v) is 19.6. The topological polar surface area (TPSA) is 131 Å². The molecule has 0 amide bonds. The summed E-state index contributed by atoms with van der Waals surface area (Å²) in [6.07, 6.45) is -1.10. The van der Waals surface area contributed by atoms with Crippen molar-refractivity contribution in [2.24, 2.45) is 34.6 Å². The van der Waals surface area contributed by atoms with Crippen molar-refractivity contribution in [3.63, 3.8) is 0 Å². The Bertz CT molecular complexity index is 650. The van der Waals surface area contributed by atoms with E-state index in [-0.39, 0.29) is 18.1 Å². The number of carbonyl (C=O) groups excluding carboxylic acids is 2. The van der Waals surface area contributed by atoms with Crippen molar-refractivity contribution in [2.45, 2.75) is 91.1 Å². The number of methoxy groups -OCH3 is 1. The highest BCUT2D eigenvalue weighted by Crippen LogP contribution is 2.34. The molecule has 1 rings (SSSR count). The van der Waals surface area contributed by atoms with Gasteiger partial charge in [0, 0.05) is 24.7 Å². The van der Waals surface area contributed by atoms with Crippen LogP contribution >= 0.6 is 0 Å². The smallest absolute Gasteiger partial charge is 0.316 e. The van der Waals surface area contributed by atoms with Crippen molar-refractivity contribution in [2.75, 3.05) is 7.11 Å². The fraction of sp³-hybridized carbons (Fsp3) is 0.864. The van der Waals surface area contributed by atoms with E-state index in [9.17, 15) is 19.8 Å². The van der Waals surface area contributed by atoms with Gasteiger partial charge >= 0.3 is 5.97 Å². The van der Waals surface area contributed by atoms with Gasteiger partial charge in [0.05, 0.1) is 11.7 Å². The number of esters is 1. The molecule has 1 saturated heterocycles. The van der Waals surface area contributed by atoms with Gasteiger partial charge in [-0.15, -0.1) is 0 Å². The summed E-state index contributed by atoms with van der Waals surface area (Å²) in [5.74, 6) is 2.53. The van der Waals surface area contributed by atoms with Crippen LogP contribution in [0.3, 0.4) is 0 Å². The molecule has 0 saturated carbocycles. The van der Waals surface area contributed by atoms with Gasteiger partial charge in [-0.2, -0.15) is 5.10 Å². The van der Waals surface area contributed by atoms with Crippen molar-refractivity contribution in [3.05, 3.63) is 0 Å². The van der Waals surface area contributed by atoms with Crippen LogP contribution < -0.4 is 5.84 Å². The number of aliphatic hydroxyl groups excluding tert-OH is 1. The van der Waals surface area contributed by atoms with Crippen molar-refractivity contribution < 1.29 is 29.3 Å². The Hall–Kier alpha value is -1.51. The lowest BCUT2D eigenvalue weighted by atomic mass is 9.75. The minimum Gasteiger partial charge on any atom is -0.459 e. The van der Waals surface area contributed by atoms with Gasteiger partial charge in [-0.3, -0.25) is 9.59 Å². The van der Waals surface area contributed by atoms with Crippen LogP contribution in [0.1, 0.15) is 67.7 Å². The summed E-state index contributed by atoms with van der Waals surface area (Å²) >= 11 is 0. The van der Waals surface area contributed by atoms with Crippen LogP contribution in [-0.2, 0) is 19.1 Å². The van der Waals surface area contributed by atoms with E-state index in [2.05, 4.69) is 5.10 Å². The summed E-state index contributed by atoms with van der Waals surface area (Å²) in [7, 11) is 1.58. The first-order valence-electron chi connectivity index (χ1n) is 10.7. The fourth-order valence-electron chi connectivity index (χ4n) is 4.70. The molecule has 8 heteroatoms. The Morgan fingerprint density at radius 2 is 1.70 bits per heavy atom. The van der Waals surface area contributed by atoms with Crippen LogP contribution in [0.25, 0.3) is 0 Å². The Kier molecular flexibility index (Phi) is 9.02. The van der Waals surface area contributed by atoms with Crippen LogP contribution in [0, 0.1) is 23.7 Å². The lowest BCUT2D eigenvalue weighted by Crippen LogP contribution is -2.56. The van der Waals surface area contributed by atoms with Gasteiger partial charge in [-0.25, -0.2) is 0 Å². The number of hydrogen-bond donors (Lipinski definition) is 3. The molecular formula is C22H40N2O6. The number of rotatable bonds is 2. The highest BCUT2D eigenvalue weighted by atomic mass is 16.6. The summed E-state index contributed by atoms with van der Waals surface area (Å²) in [5, 5.41) is 26.0. The predicted octanol–water partition coefficient (Wildman–Crippen LogP) is 2.05. The second kappa shape index (κ2) is 10.2. The fourth-order valence-corrected chi connectivity index (χ4v) is 4.70. The third-order valence-corrected chi connectivity index (χ3v) is 6.71. The molecule has 4 N–H and O–H groups in total. The van der Waals surface area contributed by atoms with Gasteiger partial charge in [-0.05, 0) is 46.0 Å². The summed E-state index contributed by atoms with van der Waals surface area (Å²) in [4.78, 5) is 25.6. The number of aliphatic hydroxyl groups is 2. The van der Waals surface area contributed by atoms with Crippen LogP contribution in [0.2, 0.25) is 0 Å². The zero-order valence-electron chi connectivity index (χ0n) is 19.6. The van der Waals surface area contributed by atoms with Gasteiger partial charge in [0.2, 0.25) is 0 Å². The third-order valence-electron chi connectivity index (χ3n) is 6.71. The van der Waals surface area contributed by atoms with Crippen molar-refractivity contribution in [3.8, 4) is 0 Å². The standard InChI is InChI=1S/C22H40N2O6/c1-9-16-22(7,28)19(26)14(4)17(24-23)12(2)10-21(6,29-8)11-13(3)18(25)15(5)20(27)30-16/h12-16,19,26,28H,9-11,23H2,1-8H3. The van der Waals surface area contributed by atoms with Gasteiger partial charge in [0.25, 0.3) is 0 Å². The molecule has 0 aromatic heterocycles. The molecule has 0 aliphatic carbocycles. The molecule has 0 spiro atoms. The first-order valence-corrected chi connectivity index (χ1v) is 10.7. The summed E-state index contributed by atoms with van der Waals surface area (Å²) in [5.41, 5.74) is -1.91. The molecule has 1 heterocycles. The Labute approximate surface area is 180 Å². The first kappa shape index (κ1) is 26.5. The molecular weight excluding hydrogens is 388 g/mol. The summed E-state index contributed by atoms with van der Waals surface area (Å²) in [6.45, 7) is 12.0. The van der Waals surface area contributed by atoms with E-state index < -0.39 is 47.1 Å². The number of nitrogens with zero attached hydrogens (tertiary/aromatic N) is 1. The number of Topliss-reactive ketones (excluding diaryl/α,β-unsaturated/α-hetero) is 1. The SMILES string of the molecule is CCC1OC(=O)C(C)C(=O)C(C)CC(C)(OC)CC(C)C(=NN)C(C)C(O)C1(C)O. The predicted molar refractivity (Wildman–Crippen MR) is 115 cm³/mol. The average Bonchev–Trinajstić information content (AvgIpc) is 2.69. The van der Waals surface area contributed by atoms with E-state index in [0.717, 1.165) is 0 Å². The van der Waals surface area contributed by atoms with E-state index >= 15 is 0 Å². The van der Waals surface area contributed by atoms with E-state index in [1.807, 2.05) is 13.8 Å². The van der Waals surface area contributed by atoms with Gasteiger partial charge in [0.15, 0.2) is 0 Å². The van der Waals surface area contributed by atoms with Crippen LogP contribution in [0.5, 0.6) is 0 Å². The second-order valence-electron chi connectivity index (χ2n) is 9.34. The monoisotopic (exact) mass is 428 g/mol. The Morgan fingerprint density at radius 1 is 1.17 bits per heavy atom. The average molecular weight is 429 g/mol. The summed E-state index contributed by atoms with van der Waals surface area (Å²) < 4.78 is 11.3. The molecule has 8 unspecified atom stereocenters. The normalized spacial score (nSPS) is 43.9. The molecule has 1 aliphatic rings. The number of hydrazone groups is 1. The molecule has 1 aliphatic heterocycles. The Balaban J connectivity index is 3.48. The van der Waals surface area contributed by atoms with Gasteiger partial charge in [-0.1, -0.05) is 27.7 Å². The second-order valence-corrected chi connectivity index (χ2v) is 9.34. The molecule has 8 nitrogen and oxygen atoms in total. The van der Waals surface area contributed by atoms with E-state index in [4.69, 9.17) is 15.3 Å². The van der Waals surface area contributed by atoms with Crippen LogP contribution in [-0.4, -0.2) is 58.2 Å². The van der Waals surface area contributed by atoms with Crippen molar-refractivity contribution in [1.29, 1.82) is 0 Å². The van der Waals surface area contributed by atoms with Crippen LogP contribution in [0.15, 0.2) is 5.10 Å². The molecule has 8 atom stereocenters. The number of carbonyl (C=O) groups is 2. The van der Waals surface area contributed by atoms with Crippen molar-refractivity contribution in [1.82, 2.24) is 0 Å². The maximum absolute atomic E-state index is 12.9. The first-order chi connectivity index (χ1) is 13.8. The largest absolute Gasteiger partial charge is 0.459 e. The zero-order chi connectivity index (χ0) is 23.4. The van der Waals surface area contributed by atoms with Crippen LogP contribution in [0.4, 0.5) is 0 Å². The number of ketones is 1. The molecule has 0 aromatic carbocycles. The number of cyclic esters (lactones) is 1. The van der Waals surface area contributed by atoms with Gasteiger partial charge < -0.3 is 25.5 Å². The molecule has 0 radical (unpaired) electrons. The number of nitrogens with two attached hydrogens (primary N) is 1. The lowest BCUT2D eigenvalue weighted by Gasteiger charge is -2.41. The molecule has 174 valence electrons. The minimum atomic E-state index is -1.76. The van der Waals surface area contributed by atoms with E-state index in [0.29, 0.717) is 18.6 Å². The summed E-state index contributed by atoms with van der Waals surface area (Å²) in [6, 6.07) is 0. The minimum absolute atomic E-state index is 0.175. The van der Waals surface area contributed by atoms with Crippen molar-refractivity contribution >= 4 is 17.5 Å². The van der Waals surface area contributed by atoms with E-state index in [1.54, 1.807) is 27.9 Å². The van der Waals surface area contributed by atoms with E-state index in [1.165, 1.54) is 13.8 Å². The highest BCUT2D eigenvalue weighted by molar-refractivity contribution is 5.99. The highest BCUT2D eigenvalue weighted by Gasteiger charge is 2.47. The molecule has 0 bridgehead atoms. The number of ether oxygens (including phenoxy) is 2. The molecule has 30 heavy (non-hydrogen) atoms. The lowest BCUT2D eigenvalue weighted by molar-refractivity contribution is -0.186. The quantitative estimate of drug-likeness (QED) is 0.265. The maximum atomic E-state index is 12.9. The third kappa shape index (κ3) is 5.59.